The molecular formula is C8H9F5O2. The predicted octanol–water partition coefficient (Wildman–Crippen LogP) is 2.51. The lowest BCUT2D eigenvalue weighted by Crippen LogP contribution is -2.44. The number of alkyl halides is 5. The first-order valence-electron chi connectivity index (χ1n) is 4.12. The average Bonchev–Trinajstić information content (AvgIpc) is 2.02. The number of ketones is 2. The molecule has 0 N–H and O–H groups in total. The van der Waals surface area contributed by atoms with E-state index in [-0.39, 0.29) is 6.42 Å². The first kappa shape index (κ1) is 14.0. The zero-order chi connectivity index (χ0) is 12.3. The number of carbonyl (C=O) groups is 2. The molecule has 0 heterocycles. The van der Waals surface area contributed by atoms with Gasteiger partial charge in [0, 0.05) is 6.42 Å². The molecule has 0 fully saturated rings. The Morgan fingerprint density at radius 1 is 1.07 bits per heavy atom. The molecular weight excluding hydrogens is 223 g/mol. The van der Waals surface area contributed by atoms with Crippen LogP contribution in [0.5, 0.6) is 0 Å². The number of carbonyl (C=O) groups excluding carboxylic acids is 2. The van der Waals surface area contributed by atoms with Gasteiger partial charge in [-0.25, -0.2) is 0 Å². The summed E-state index contributed by atoms with van der Waals surface area (Å²) < 4.78 is 59.5. The highest BCUT2D eigenvalue weighted by atomic mass is 19.4. The van der Waals surface area contributed by atoms with Gasteiger partial charge in [-0.05, 0) is 6.42 Å². The second-order valence-corrected chi connectivity index (χ2v) is 2.96. The highest BCUT2D eigenvalue weighted by molar-refractivity contribution is 6.02. The molecule has 0 saturated heterocycles. The molecule has 0 spiro atoms. The van der Waals surface area contributed by atoms with Gasteiger partial charge in [0.2, 0.25) is 5.78 Å². The molecule has 0 saturated carbocycles. The lowest BCUT2D eigenvalue weighted by Gasteiger charge is -2.17. The highest BCUT2D eigenvalue weighted by Crippen LogP contribution is 2.36. The van der Waals surface area contributed by atoms with Crippen LogP contribution in [0.3, 0.4) is 0 Å². The second kappa shape index (κ2) is 4.67. The third-order valence-corrected chi connectivity index (χ3v) is 1.59. The monoisotopic (exact) mass is 232 g/mol. The summed E-state index contributed by atoms with van der Waals surface area (Å²) in [5, 5.41) is 0. The van der Waals surface area contributed by atoms with Crippen LogP contribution in [-0.2, 0) is 9.59 Å². The van der Waals surface area contributed by atoms with E-state index in [4.69, 9.17) is 0 Å². The maximum Gasteiger partial charge on any atom is 0.461 e. The van der Waals surface area contributed by atoms with Crippen molar-refractivity contribution in [3.8, 4) is 0 Å². The molecule has 0 aromatic carbocycles. The standard InChI is InChI=1S/C8H9F5O2/c1-2-3-5(14)4-6(15)7(9,10)8(11,12)13/h2-4H2,1H3. The molecule has 0 aromatic heterocycles. The van der Waals surface area contributed by atoms with E-state index in [9.17, 15) is 31.5 Å². The number of Topliss-reactive ketones (excluding diaryl/α,β-unsaturated/α-hetero) is 2. The van der Waals surface area contributed by atoms with Crippen molar-refractivity contribution in [1.82, 2.24) is 0 Å². The topological polar surface area (TPSA) is 34.1 Å². The molecule has 0 aromatic rings. The molecule has 2 nitrogen and oxygen atoms in total. The van der Waals surface area contributed by atoms with Crippen molar-refractivity contribution in [1.29, 1.82) is 0 Å². The van der Waals surface area contributed by atoms with Gasteiger partial charge in [-0.2, -0.15) is 22.0 Å². The SMILES string of the molecule is CCCC(=O)CC(=O)C(F)(F)C(F)(F)F. The third-order valence-electron chi connectivity index (χ3n) is 1.59. The zero-order valence-corrected chi connectivity index (χ0v) is 7.83. The van der Waals surface area contributed by atoms with E-state index >= 15 is 0 Å². The van der Waals surface area contributed by atoms with Crippen LogP contribution in [0.1, 0.15) is 26.2 Å². The van der Waals surface area contributed by atoms with E-state index in [1.54, 1.807) is 6.92 Å². The van der Waals surface area contributed by atoms with Gasteiger partial charge in [0.15, 0.2) is 0 Å². The minimum absolute atomic E-state index is 0.181. The van der Waals surface area contributed by atoms with Crippen molar-refractivity contribution in [3.05, 3.63) is 0 Å². The van der Waals surface area contributed by atoms with Crippen molar-refractivity contribution < 1.29 is 31.5 Å². The van der Waals surface area contributed by atoms with Gasteiger partial charge in [-0.3, -0.25) is 9.59 Å². The maximum absolute atomic E-state index is 12.3. The van der Waals surface area contributed by atoms with Crippen molar-refractivity contribution in [2.24, 2.45) is 0 Å². The summed E-state index contributed by atoms with van der Waals surface area (Å²) in [6.07, 6.45) is -7.19. The Hall–Kier alpha value is -1.01. The van der Waals surface area contributed by atoms with Crippen LogP contribution in [-0.4, -0.2) is 23.7 Å². The highest BCUT2D eigenvalue weighted by Gasteiger charge is 2.62. The van der Waals surface area contributed by atoms with Crippen LogP contribution in [0.2, 0.25) is 0 Å². The van der Waals surface area contributed by atoms with Gasteiger partial charge < -0.3 is 0 Å². The number of rotatable bonds is 5. The summed E-state index contributed by atoms with van der Waals surface area (Å²) in [5.74, 6) is -8.74. The average molecular weight is 232 g/mol. The van der Waals surface area contributed by atoms with Crippen molar-refractivity contribution in [2.45, 2.75) is 38.3 Å². The molecule has 0 aliphatic carbocycles. The molecule has 88 valence electrons. The summed E-state index contributed by atoms with van der Waals surface area (Å²) in [6.45, 7) is 1.55. The Balaban J connectivity index is 4.52. The van der Waals surface area contributed by atoms with Crippen molar-refractivity contribution in [2.75, 3.05) is 0 Å². The molecule has 0 aliphatic rings. The van der Waals surface area contributed by atoms with Crippen LogP contribution in [0, 0.1) is 0 Å². The smallest absolute Gasteiger partial charge is 0.299 e. The van der Waals surface area contributed by atoms with Gasteiger partial charge >= 0.3 is 12.1 Å². The molecule has 15 heavy (non-hydrogen) atoms. The first-order chi connectivity index (χ1) is 6.63. The normalized spacial score (nSPS) is 12.7. The molecule has 0 bridgehead atoms. The lowest BCUT2D eigenvalue weighted by atomic mass is 10.1. The Labute approximate surface area is 82.4 Å². The molecule has 0 radical (unpaired) electrons. The van der Waals surface area contributed by atoms with E-state index in [1.165, 1.54) is 0 Å². The van der Waals surface area contributed by atoms with Gasteiger partial charge in [-0.15, -0.1) is 0 Å². The summed E-state index contributed by atoms with van der Waals surface area (Å²) in [6, 6.07) is 0. The van der Waals surface area contributed by atoms with E-state index in [2.05, 4.69) is 0 Å². The quantitative estimate of drug-likeness (QED) is 0.539. The lowest BCUT2D eigenvalue weighted by molar-refractivity contribution is -0.268. The summed E-state index contributed by atoms with van der Waals surface area (Å²) in [7, 11) is 0. The van der Waals surface area contributed by atoms with Gasteiger partial charge in [-0.1, -0.05) is 6.92 Å². The molecule has 0 aliphatic heterocycles. The number of hydrogen-bond acceptors (Lipinski definition) is 2. The molecule has 7 heteroatoms. The minimum Gasteiger partial charge on any atom is -0.299 e. The third kappa shape index (κ3) is 3.56. The fraction of sp³-hybridized carbons (Fsp3) is 0.750. The summed E-state index contributed by atoms with van der Waals surface area (Å²) in [4.78, 5) is 21.2. The van der Waals surface area contributed by atoms with E-state index in [0.29, 0.717) is 6.42 Å². The fourth-order valence-corrected chi connectivity index (χ4v) is 0.815. The van der Waals surface area contributed by atoms with Crippen LogP contribution >= 0.6 is 0 Å². The van der Waals surface area contributed by atoms with Gasteiger partial charge in [0.25, 0.3) is 0 Å². The molecule has 0 atom stereocenters. The fourth-order valence-electron chi connectivity index (χ4n) is 0.815. The Bertz CT molecular complexity index is 256. The Kier molecular flexibility index (Phi) is 4.36. The minimum atomic E-state index is -5.93. The van der Waals surface area contributed by atoms with Crippen molar-refractivity contribution in [3.63, 3.8) is 0 Å². The predicted molar refractivity (Wildman–Crippen MR) is 40.5 cm³/mol. The number of hydrogen-bond donors (Lipinski definition) is 0. The van der Waals surface area contributed by atoms with Crippen LogP contribution in [0.25, 0.3) is 0 Å². The maximum atomic E-state index is 12.3. The van der Waals surface area contributed by atoms with E-state index < -0.39 is 30.1 Å². The molecule has 0 rings (SSSR count). The van der Waals surface area contributed by atoms with E-state index in [0.717, 1.165) is 0 Å². The largest absolute Gasteiger partial charge is 0.461 e. The summed E-state index contributed by atoms with van der Waals surface area (Å²) in [5.41, 5.74) is 0. The van der Waals surface area contributed by atoms with E-state index in [1.807, 2.05) is 0 Å². The summed E-state index contributed by atoms with van der Waals surface area (Å²) >= 11 is 0. The Morgan fingerprint density at radius 2 is 1.53 bits per heavy atom. The van der Waals surface area contributed by atoms with Crippen LogP contribution < -0.4 is 0 Å². The molecule has 0 unspecified atom stereocenters. The first-order valence-corrected chi connectivity index (χ1v) is 4.12. The second-order valence-electron chi connectivity index (χ2n) is 2.96. The van der Waals surface area contributed by atoms with Crippen LogP contribution in [0.4, 0.5) is 22.0 Å². The van der Waals surface area contributed by atoms with Crippen molar-refractivity contribution >= 4 is 11.6 Å². The Morgan fingerprint density at radius 3 is 1.87 bits per heavy atom. The van der Waals surface area contributed by atoms with Gasteiger partial charge in [0.05, 0.1) is 6.42 Å². The van der Waals surface area contributed by atoms with Crippen LogP contribution in [0.15, 0.2) is 0 Å². The molecule has 0 amide bonds. The van der Waals surface area contributed by atoms with Gasteiger partial charge in [0.1, 0.15) is 5.78 Å². The zero-order valence-electron chi connectivity index (χ0n) is 7.83. The number of halogens is 5.